The fraction of sp³-hybridized carbons (Fsp3) is 0.615. The first kappa shape index (κ1) is 12.7. The lowest BCUT2D eigenvalue weighted by Crippen LogP contribution is -2.48. The number of nitrogens with zero attached hydrogens (tertiary/aromatic N) is 1. The number of carbonyl (C=O) groups excluding carboxylic acids is 1. The maximum atomic E-state index is 12.3. The van der Waals surface area contributed by atoms with E-state index in [-0.39, 0.29) is 11.9 Å². The van der Waals surface area contributed by atoms with Crippen LogP contribution in [-0.2, 0) is 0 Å². The van der Waals surface area contributed by atoms with Gasteiger partial charge in [-0.2, -0.15) is 0 Å². The van der Waals surface area contributed by atoms with Crippen LogP contribution in [-0.4, -0.2) is 23.4 Å². The molecule has 1 amide bonds. The highest BCUT2D eigenvalue weighted by molar-refractivity contribution is 9.10. The first-order valence-electron chi connectivity index (χ1n) is 6.05. The summed E-state index contributed by atoms with van der Waals surface area (Å²) in [4.78, 5) is 14.3. The first-order valence-corrected chi connectivity index (χ1v) is 6.84. The smallest absolute Gasteiger partial charge is 0.289 e. The molecule has 1 aliphatic heterocycles. The molecule has 2 rings (SSSR count). The standard InChI is InChI=1S/C13H18BrNO2/c1-8-6-9(2)10(3)15(7-8)13(16)11-4-5-12(14)17-11/h4-5,8-10H,6-7H2,1-3H3. The molecule has 0 aliphatic carbocycles. The van der Waals surface area contributed by atoms with E-state index in [0.29, 0.717) is 22.3 Å². The quantitative estimate of drug-likeness (QED) is 0.794. The largest absolute Gasteiger partial charge is 0.444 e. The van der Waals surface area contributed by atoms with Crippen LogP contribution in [0, 0.1) is 11.8 Å². The molecule has 1 aromatic heterocycles. The molecule has 94 valence electrons. The average molecular weight is 300 g/mol. The summed E-state index contributed by atoms with van der Waals surface area (Å²) < 4.78 is 5.95. The number of halogens is 1. The number of amides is 1. The molecule has 17 heavy (non-hydrogen) atoms. The van der Waals surface area contributed by atoms with E-state index in [0.717, 1.165) is 6.54 Å². The molecule has 0 spiro atoms. The molecule has 0 radical (unpaired) electrons. The molecular formula is C13H18BrNO2. The zero-order valence-corrected chi connectivity index (χ0v) is 12.0. The fourth-order valence-corrected chi connectivity index (χ4v) is 2.86. The van der Waals surface area contributed by atoms with Gasteiger partial charge in [0.05, 0.1) is 0 Å². The average Bonchev–Trinajstić information content (AvgIpc) is 2.69. The van der Waals surface area contributed by atoms with Crippen LogP contribution in [0.2, 0.25) is 0 Å². The second-order valence-corrected chi connectivity index (χ2v) is 5.90. The number of carbonyl (C=O) groups is 1. The zero-order valence-electron chi connectivity index (χ0n) is 10.4. The predicted molar refractivity (Wildman–Crippen MR) is 69.9 cm³/mol. The highest BCUT2D eigenvalue weighted by atomic mass is 79.9. The van der Waals surface area contributed by atoms with E-state index >= 15 is 0 Å². The predicted octanol–water partition coefficient (Wildman–Crippen LogP) is 3.55. The Morgan fingerprint density at radius 1 is 1.41 bits per heavy atom. The Kier molecular flexibility index (Phi) is 3.61. The van der Waals surface area contributed by atoms with Gasteiger partial charge in [0.1, 0.15) is 0 Å². The number of furan rings is 1. The van der Waals surface area contributed by atoms with Crippen LogP contribution in [0.15, 0.2) is 21.2 Å². The van der Waals surface area contributed by atoms with Crippen molar-refractivity contribution < 1.29 is 9.21 Å². The molecule has 1 aromatic rings. The Labute approximate surface area is 110 Å². The zero-order chi connectivity index (χ0) is 12.6. The van der Waals surface area contributed by atoms with Gasteiger partial charge in [-0.1, -0.05) is 13.8 Å². The minimum atomic E-state index is 0.00148. The van der Waals surface area contributed by atoms with Crippen molar-refractivity contribution in [3.05, 3.63) is 22.6 Å². The van der Waals surface area contributed by atoms with Crippen LogP contribution in [0.5, 0.6) is 0 Å². The third-order valence-electron chi connectivity index (χ3n) is 3.64. The van der Waals surface area contributed by atoms with Gasteiger partial charge in [-0.3, -0.25) is 4.79 Å². The van der Waals surface area contributed by atoms with E-state index in [1.165, 1.54) is 6.42 Å². The van der Waals surface area contributed by atoms with Crippen molar-refractivity contribution in [3.63, 3.8) is 0 Å². The van der Waals surface area contributed by atoms with Crippen LogP contribution < -0.4 is 0 Å². The lowest BCUT2D eigenvalue weighted by atomic mass is 9.86. The van der Waals surface area contributed by atoms with Crippen molar-refractivity contribution in [3.8, 4) is 0 Å². The van der Waals surface area contributed by atoms with Gasteiger partial charge < -0.3 is 9.32 Å². The number of hydrogen-bond donors (Lipinski definition) is 0. The highest BCUT2D eigenvalue weighted by Gasteiger charge is 2.33. The summed E-state index contributed by atoms with van der Waals surface area (Å²) in [5.41, 5.74) is 0. The Bertz CT molecular complexity index is 415. The SMILES string of the molecule is CC1CC(C)C(C)N(C(=O)c2ccc(Br)o2)C1. The molecule has 2 heterocycles. The summed E-state index contributed by atoms with van der Waals surface area (Å²) in [6.45, 7) is 7.34. The third-order valence-corrected chi connectivity index (χ3v) is 4.07. The number of piperidine rings is 1. The summed E-state index contributed by atoms with van der Waals surface area (Å²) in [7, 11) is 0. The third kappa shape index (κ3) is 2.57. The van der Waals surface area contributed by atoms with Gasteiger partial charge in [-0.25, -0.2) is 0 Å². The van der Waals surface area contributed by atoms with E-state index in [1.807, 2.05) is 4.90 Å². The summed E-state index contributed by atoms with van der Waals surface area (Å²) in [6, 6.07) is 3.76. The number of likely N-dealkylation sites (tertiary alicyclic amines) is 1. The minimum absolute atomic E-state index is 0.00148. The summed E-state index contributed by atoms with van der Waals surface area (Å²) >= 11 is 3.23. The maximum absolute atomic E-state index is 12.3. The van der Waals surface area contributed by atoms with E-state index < -0.39 is 0 Å². The summed E-state index contributed by atoms with van der Waals surface area (Å²) in [6.07, 6.45) is 1.19. The van der Waals surface area contributed by atoms with Crippen LogP contribution in [0.1, 0.15) is 37.7 Å². The molecule has 0 saturated carbocycles. The van der Waals surface area contributed by atoms with Crippen molar-refractivity contribution >= 4 is 21.8 Å². The molecule has 3 atom stereocenters. The maximum Gasteiger partial charge on any atom is 0.289 e. The van der Waals surface area contributed by atoms with Gasteiger partial charge in [0.2, 0.25) is 0 Å². The lowest BCUT2D eigenvalue weighted by Gasteiger charge is -2.40. The van der Waals surface area contributed by atoms with Gasteiger partial charge >= 0.3 is 0 Å². The second-order valence-electron chi connectivity index (χ2n) is 5.12. The molecule has 4 heteroatoms. The fourth-order valence-electron chi connectivity index (χ4n) is 2.55. The van der Waals surface area contributed by atoms with Crippen LogP contribution in [0.25, 0.3) is 0 Å². The molecule has 1 saturated heterocycles. The molecule has 1 aliphatic rings. The van der Waals surface area contributed by atoms with Crippen molar-refractivity contribution in [2.24, 2.45) is 11.8 Å². The van der Waals surface area contributed by atoms with Crippen molar-refractivity contribution in [2.45, 2.75) is 33.2 Å². The molecular weight excluding hydrogens is 282 g/mol. The molecule has 3 unspecified atom stereocenters. The lowest BCUT2D eigenvalue weighted by molar-refractivity contribution is 0.0424. The van der Waals surface area contributed by atoms with Crippen molar-refractivity contribution in [1.29, 1.82) is 0 Å². The van der Waals surface area contributed by atoms with Gasteiger partial charge in [0.25, 0.3) is 5.91 Å². The second kappa shape index (κ2) is 4.84. The number of rotatable bonds is 1. The Balaban J connectivity index is 2.18. The van der Waals surface area contributed by atoms with Crippen LogP contribution in [0.3, 0.4) is 0 Å². The molecule has 3 nitrogen and oxygen atoms in total. The first-order chi connectivity index (χ1) is 7.99. The van der Waals surface area contributed by atoms with Gasteiger partial charge in [0.15, 0.2) is 10.4 Å². The Hall–Kier alpha value is -0.770. The Morgan fingerprint density at radius 3 is 2.71 bits per heavy atom. The van der Waals surface area contributed by atoms with E-state index in [9.17, 15) is 4.79 Å². The molecule has 0 aromatic carbocycles. The van der Waals surface area contributed by atoms with Crippen LogP contribution >= 0.6 is 15.9 Å². The van der Waals surface area contributed by atoms with E-state index in [4.69, 9.17) is 4.42 Å². The number of hydrogen-bond acceptors (Lipinski definition) is 2. The monoisotopic (exact) mass is 299 g/mol. The van der Waals surface area contributed by atoms with Gasteiger partial charge in [-0.15, -0.1) is 0 Å². The summed E-state index contributed by atoms with van der Waals surface area (Å²) in [5, 5.41) is 0. The normalized spacial score (nSPS) is 29.4. The Morgan fingerprint density at radius 2 is 2.12 bits per heavy atom. The summed E-state index contributed by atoms with van der Waals surface area (Å²) in [5.74, 6) is 1.52. The minimum Gasteiger partial charge on any atom is -0.444 e. The topological polar surface area (TPSA) is 33.5 Å². The van der Waals surface area contributed by atoms with E-state index in [2.05, 4.69) is 36.7 Å². The van der Waals surface area contributed by atoms with Crippen LogP contribution in [0.4, 0.5) is 0 Å². The molecule has 0 bridgehead atoms. The van der Waals surface area contributed by atoms with Gasteiger partial charge in [0, 0.05) is 12.6 Å². The van der Waals surface area contributed by atoms with E-state index in [1.54, 1.807) is 12.1 Å². The van der Waals surface area contributed by atoms with Crippen molar-refractivity contribution in [1.82, 2.24) is 4.90 Å². The molecule has 0 N–H and O–H groups in total. The highest BCUT2D eigenvalue weighted by Crippen LogP contribution is 2.28. The van der Waals surface area contributed by atoms with Crippen molar-refractivity contribution in [2.75, 3.05) is 6.54 Å². The molecule has 1 fully saturated rings. The van der Waals surface area contributed by atoms with Gasteiger partial charge in [-0.05, 0) is 53.2 Å².